The van der Waals surface area contributed by atoms with E-state index in [1.807, 2.05) is 104 Å². The zero-order valence-electron chi connectivity index (χ0n) is 23.1. The minimum atomic E-state index is -1.27. The molecule has 4 rings (SSSR count). The van der Waals surface area contributed by atoms with Gasteiger partial charge in [0.1, 0.15) is 0 Å². The number of ketones is 1. The minimum absolute atomic E-state index is 0.0859. The monoisotopic (exact) mass is 487 g/mol. The molecule has 0 bridgehead atoms. The van der Waals surface area contributed by atoms with Gasteiger partial charge in [-0.1, -0.05) is 104 Å². The molecule has 0 radical (unpaired) electrons. The van der Waals surface area contributed by atoms with E-state index < -0.39 is 16.2 Å². The van der Waals surface area contributed by atoms with E-state index in [9.17, 15) is 9.00 Å². The third-order valence-electron chi connectivity index (χ3n) is 6.08. The van der Waals surface area contributed by atoms with Gasteiger partial charge < -0.3 is 0 Å². The predicted octanol–water partition coefficient (Wildman–Crippen LogP) is 8.08. The van der Waals surface area contributed by atoms with Crippen LogP contribution in [0.3, 0.4) is 0 Å². The van der Waals surface area contributed by atoms with Crippen LogP contribution in [0.1, 0.15) is 92.7 Å². The van der Waals surface area contributed by atoms with E-state index in [1.54, 1.807) is 0 Å². The van der Waals surface area contributed by atoms with Gasteiger partial charge in [-0.3, -0.25) is 13.9 Å². The Morgan fingerprint density at radius 3 is 1.82 bits per heavy atom. The van der Waals surface area contributed by atoms with E-state index in [-0.39, 0.29) is 17.1 Å². The molecule has 4 atom stereocenters. The Morgan fingerprint density at radius 2 is 1.29 bits per heavy atom. The van der Waals surface area contributed by atoms with Crippen molar-refractivity contribution in [2.45, 2.75) is 97.3 Å². The first-order valence-electron chi connectivity index (χ1n) is 13.4. The van der Waals surface area contributed by atoms with Crippen LogP contribution in [0.2, 0.25) is 0 Å². The number of carbonyl (C=O) groups is 1. The van der Waals surface area contributed by atoms with Crippen molar-refractivity contribution in [2.24, 2.45) is 5.41 Å². The van der Waals surface area contributed by atoms with Crippen LogP contribution >= 0.6 is 0 Å². The maximum Gasteiger partial charge on any atom is 0.156 e. The van der Waals surface area contributed by atoms with Gasteiger partial charge in [0.25, 0.3) is 0 Å². The number of carbonyl (C=O) groups excluding carboxylic acids is 1. The molecule has 0 amide bonds. The first-order chi connectivity index (χ1) is 16.6. The summed E-state index contributed by atoms with van der Waals surface area (Å²) < 4.78 is 13.1. The maximum atomic E-state index is 13.6. The summed E-state index contributed by atoms with van der Waals surface area (Å²) in [5.41, 5.74) is 0.804. The molecule has 1 aliphatic heterocycles. The zero-order chi connectivity index (χ0) is 26.1. The highest BCUT2D eigenvalue weighted by Gasteiger charge is 2.56. The van der Waals surface area contributed by atoms with Gasteiger partial charge in [0, 0.05) is 16.4 Å². The number of hydrogen-bond donors (Lipinski definition) is 0. The Labute approximate surface area is 212 Å². The van der Waals surface area contributed by atoms with Gasteiger partial charge in [-0.2, -0.15) is 0 Å². The van der Waals surface area contributed by atoms with Gasteiger partial charge in [-0.25, -0.2) is 0 Å². The fourth-order valence-corrected chi connectivity index (χ4v) is 6.46. The molecule has 1 spiro atoms. The van der Waals surface area contributed by atoms with Crippen LogP contribution in [0.4, 0.5) is 0 Å². The molecular formula is C30H49NO2S. The third-order valence-corrected chi connectivity index (χ3v) is 7.79. The molecule has 0 aromatic heterocycles. The molecule has 2 fully saturated rings. The van der Waals surface area contributed by atoms with E-state index >= 15 is 0 Å². The number of nitrogens with zero attached hydrogens (tertiary/aromatic N) is 1. The SMILES string of the molecule is CC.CC.CC.CC.CN1CCCC2(CCC(S(=O)c3ccccc3)C2=O)C1c1ccccc1. The Kier molecular flexibility index (Phi) is 16.7. The molecule has 1 aliphatic carbocycles. The zero-order valence-corrected chi connectivity index (χ0v) is 24.0. The van der Waals surface area contributed by atoms with E-state index in [1.165, 1.54) is 5.56 Å². The van der Waals surface area contributed by atoms with Gasteiger partial charge in [0.15, 0.2) is 5.78 Å². The summed E-state index contributed by atoms with van der Waals surface area (Å²) in [7, 11) is 0.851. The van der Waals surface area contributed by atoms with Crippen molar-refractivity contribution >= 4 is 16.6 Å². The number of Topliss-reactive ketones (excluding diaryl/α,β-unsaturated/α-hetero) is 1. The van der Waals surface area contributed by atoms with Gasteiger partial charge in [0.2, 0.25) is 0 Å². The molecule has 2 aromatic carbocycles. The predicted molar refractivity (Wildman–Crippen MR) is 150 cm³/mol. The first-order valence-corrected chi connectivity index (χ1v) is 14.6. The summed E-state index contributed by atoms with van der Waals surface area (Å²) in [6.45, 7) is 17.0. The van der Waals surface area contributed by atoms with Crippen LogP contribution < -0.4 is 0 Å². The molecule has 4 unspecified atom stereocenters. The van der Waals surface area contributed by atoms with Crippen molar-refractivity contribution < 1.29 is 9.00 Å². The molecule has 3 nitrogen and oxygen atoms in total. The molecule has 2 aliphatic rings. The van der Waals surface area contributed by atoms with Crippen LogP contribution in [-0.4, -0.2) is 33.7 Å². The van der Waals surface area contributed by atoms with Crippen LogP contribution in [0, 0.1) is 5.41 Å². The van der Waals surface area contributed by atoms with Gasteiger partial charge in [-0.15, -0.1) is 0 Å². The van der Waals surface area contributed by atoms with E-state index in [0.29, 0.717) is 0 Å². The Morgan fingerprint density at radius 1 is 0.794 bits per heavy atom. The number of benzene rings is 2. The molecule has 192 valence electrons. The summed E-state index contributed by atoms with van der Waals surface area (Å²) >= 11 is 0. The van der Waals surface area contributed by atoms with Crippen molar-refractivity contribution in [2.75, 3.05) is 13.6 Å². The average molecular weight is 488 g/mol. The molecule has 4 heteroatoms. The normalized spacial score (nSPS) is 24.1. The van der Waals surface area contributed by atoms with Crippen molar-refractivity contribution in [1.29, 1.82) is 0 Å². The lowest BCUT2D eigenvalue weighted by molar-refractivity contribution is -0.132. The Hall–Kier alpha value is -1.78. The second kappa shape index (κ2) is 17.6. The molecule has 1 saturated heterocycles. The Balaban J connectivity index is 0.00000124. The number of likely N-dealkylation sites (tertiary alicyclic amines) is 1. The highest BCUT2D eigenvalue weighted by atomic mass is 32.2. The summed E-state index contributed by atoms with van der Waals surface area (Å²) in [6, 6.07) is 19.9. The minimum Gasteiger partial charge on any atom is -0.298 e. The van der Waals surface area contributed by atoms with Gasteiger partial charge in [-0.05, 0) is 57.0 Å². The first kappa shape index (κ1) is 32.2. The number of piperidine rings is 1. The fraction of sp³-hybridized carbons (Fsp3) is 0.567. The standard InChI is InChI=1S/C22H25NO2S.4C2H6/c1-23-16-8-14-22(20(23)17-9-4-2-5-10-17)15-13-19(21(22)24)26(25)18-11-6-3-7-12-18;4*1-2/h2-7,9-12,19-20H,8,13-16H2,1H3;4*1-2H3. The lowest BCUT2D eigenvalue weighted by Crippen LogP contribution is -2.48. The highest BCUT2D eigenvalue weighted by Crippen LogP contribution is 2.54. The summed E-state index contributed by atoms with van der Waals surface area (Å²) in [4.78, 5) is 16.7. The summed E-state index contributed by atoms with van der Waals surface area (Å²) in [5.74, 6) is 0.208. The lowest BCUT2D eigenvalue weighted by atomic mass is 9.69. The number of rotatable bonds is 3. The Bertz CT molecular complexity index is 809. The van der Waals surface area contributed by atoms with Gasteiger partial charge in [0.05, 0.1) is 16.0 Å². The molecule has 34 heavy (non-hydrogen) atoms. The van der Waals surface area contributed by atoms with Crippen molar-refractivity contribution in [3.05, 3.63) is 66.2 Å². The van der Waals surface area contributed by atoms with Gasteiger partial charge >= 0.3 is 0 Å². The van der Waals surface area contributed by atoms with Crippen molar-refractivity contribution in [1.82, 2.24) is 4.90 Å². The van der Waals surface area contributed by atoms with Crippen molar-refractivity contribution in [3.63, 3.8) is 0 Å². The number of hydrogen-bond acceptors (Lipinski definition) is 3. The van der Waals surface area contributed by atoms with E-state index in [2.05, 4.69) is 24.1 Å². The fourth-order valence-electron chi connectivity index (χ4n) is 4.95. The quantitative estimate of drug-likeness (QED) is 0.439. The third kappa shape index (κ3) is 7.36. The second-order valence-corrected chi connectivity index (χ2v) is 9.19. The average Bonchev–Trinajstić information content (AvgIpc) is 3.25. The molecule has 0 N–H and O–H groups in total. The van der Waals surface area contributed by atoms with E-state index in [4.69, 9.17) is 0 Å². The van der Waals surface area contributed by atoms with Crippen LogP contribution in [-0.2, 0) is 15.6 Å². The van der Waals surface area contributed by atoms with Crippen LogP contribution in [0.25, 0.3) is 0 Å². The topological polar surface area (TPSA) is 37.4 Å². The summed E-state index contributed by atoms with van der Waals surface area (Å²) in [5, 5.41) is -0.380. The molecule has 1 heterocycles. The van der Waals surface area contributed by atoms with E-state index in [0.717, 1.165) is 37.1 Å². The second-order valence-electron chi connectivity index (χ2n) is 7.56. The smallest absolute Gasteiger partial charge is 0.156 e. The lowest BCUT2D eigenvalue weighted by Gasteiger charge is -2.46. The molecule has 2 aromatic rings. The molecule has 1 saturated carbocycles. The highest BCUT2D eigenvalue weighted by molar-refractivity contribution is 7.86. The summed E-state index contributed by atoms with van der Waals surface area (Å²) in [6.07, 6.45) is 3.48. The largest absolute Gasteiger partial charge is 0.298 e. The van der Waals surface area contributed by atoms with Crippen LogP contribution in [0.5, 0.6) is 0 Å². The van der Waals surface area contributed by atoms with Crippen LogP contribution in [0.15, 0.2) is 65.6 Å². The molecular weight excluding hydrogens is 438 g/mol. The van der Waals surface area contributed by atoms with Crippen molar-refractivity contribution in [3.8, 4) is 0 Å². The maximum absolute atomic E-state index is 13.6.